The van der Waals surface area contributed by atoms with E-state index < -0.39 is 55.0 Å². The Morgan fingerprint density at radius 2 is 2.07 bits per heavy atom. The molecule has 0 aliphatic heterocycles. The van der Waals surface area contributed by atoms with Crippen LogP contribution < -0.4 is 16.6 Å². The summed E-state index contributed by atoms with van der Waals surface area (Å²) in [7, 11) is 0. The molecule has 0 saturated heterocycles. The van der Waals surface area contributed by atoms with Gasteiger partial charge in [-0.1, -0.05) is 13.8 Å². The number of amides is 1. The Kier molecular flexibility index (Phi) is 5.64. The first-order chi connectivity index (χ1) is 15.4. The van der Waals surface area contributed by atoms with Gasteiger partial charge in [0.25, 0.3) is 5.56 Å². The highest BCUT2D eigenvalue weighted by molar-refractivity contribution is 5.81. The molecular weight excluding hydrogens is 396 g/mol. The monoisotopic (exact) mass is 428 g/mol. The minimum absolute atomic E-state index is 0.0176. The predicted octanol–water partition coefficient (Wildman–Crippen LogP) is 0.768. The lowest BCUT2D eigenvalue weighted by Gasteiger charge is -2.24. The molecule has 2 heterocycles. The van der Waals surface area contributed by atoms with Crippen LogP contribution in [0.1, 0.15) is 40.1 Å². The number of carbonyl (C=O) groups is 2. The van der Waals surface area contributed by atoms with E-state index in [1.54, 1.807) is 34.6 Å². The first kappa shape index (κ1) is 17.7. The summed E-state index contributed by atoms with van der Waals surface area (Å²) in [6.45, 7) is 0.978. The van der Waals surface area contributed by atoms with E-state index in [9.17, 15) is 14.4 Å². The third-order valence-corrected chi connectivity index (χ3v) is 3.56. The summed E-state index contributed by atoms with van der Waals surface area (Å²) in [6.07, 6.45) is 0.209. The van der Waals surface area contributed by atoms with Crippen molar-refractivity contribution in [3.63, 3.8) is 0 Å². The molecule has 0 aliphatic carbocycles. The molecular formula is C18H28N6O6. The maximum atomic E-state index is 12.6. The Bertz CT molecular complexity index is 1110. The molecule has 2 aromatic heterocycles. The van der Waals surface area contributed by atoms with Gasteiger partial charge < -0.3 is 25.3 Å². The molecule has 0 spiro atoms. The number of nitrogen functional groups attached to an aromatic ring is 1. The summed E-state index contributed by atoms with van der Waals surface area (Å²) >= 11 is 0. The number of H-pyrrole nitrogens is 1. The van der Waals surface area contributed by atoms with Crippen LogP contribution >= 0.6 is 0 Å². The minimum atomic E-state index is -3.27. The summed E-state index contributed by atoms with van der Waals surface area (Å²) in [5.41, 5.74) is 3.94. The van der Waals surface area contributed by atoms with Crippen molar-refractivity contribution >= 4 is 29.2 Å². The van der Waals surface area contributed by atoms with Gasteiger partial charge in [0.15, 0.2) is 11.2 Å². The number of fused-ring (bicyclic) bond motifs is 1. The fourth-order valence-corrected chi connectivity index (χ4v) is 2.26. The lowest BCUT2D eigenvalue weighted by Crippen LogP contribution is -2.47. The third-order valence-electron chi connectivity index (χ3n) is 3.56. The molecule has 0 saturated carbocycles. The van der Waals surface area contributed by atoms with E-state index in [1.165, 1.54) is 0 Å². The first-order valence-electron chi connectivity index (χ1n) is 11.0. The number of carbonyl (C=O) groups excluding carboxylic acids is 2. The van der Waals surface area contributed by atoms with E-state index in [4.69, 9.17) is 25.4 Å². The van der Waals surface area contributed by atoms with Crippen LogP contribution in [0.3, 0.4) is 0 Å². The summed E-state index contributed by atoms with van der Waals surface area (Å²) in [4.78, 5) is 46.5. The number of imidazole rings is 1. The van der Waals surface area contributed by atoms with Crippen LogP contribution in [0, 0.1) is 5.92 Å². The van der Waals surface area contributed by atoms with Gasteiger partial charge in [0.1, 0.15) is 24.9 Å². The smallest absolute Gasteiger partial charge is 0.408 e. The lowest BCUT2D eigenvalue weighted by atomic mass is 10.1. The molecule has 0 aromatic carbocycles. The van der Waals surface area contributed by atoms with Crippen LogP contribution in [-0.4, -0.2) is 56.3 Å². The Hall–Kier alpha value is -3.15. The second-order valence-corrected chi connectivity index (χ2v) is 7.60. The van der Waals surface area contributed by atoms with Crippen molar-refractivity contribution in [3.05, 3.63) is 16.7 Å². The van der Waals surface area contributed by atoms with E-state index in [0.717, 1.165) is 10.9 Å². The van der Waals surface area contributed by atoms with Crippen LogP contribution in [0.15, 0.2) is 11.1 Å². The number of aromatic nitrogens is 4. The van der Waals surface area contributed by atoms with Gasteiger partial charge in [-0.2, -0.15) is 4.98 Å². The molecule has 0 unspecified atom stereocenters. The largest absolute Gasteiger partial charge is 0.462 e. The van der Waals surface area contributed by atoms with Gasteiger partial charge in [-0.15, -0.1) is 0 Å². The molecule has 1 atom stereocenters. The fraction of sp³-hybridized carbons (Fsp3) is 0.611. The number of esters is 1. The quantitative estimate of drug-likeness (QED) is 0.515. The molecule has 2 aromatic rings. The number of hydrogen-bond acceptors (Lipinski definition) is 9. The van der Waals surface area contributed by atoms with Gasteiger partial charge in [0.05, 0.1) is 18.4 Å². The number of anilines is 1. The zero-order chi connectivity index (χ0) is 26.1. The van der Waals surface area contributed by atoms with Crippen molar-refractivity contribution in [1.29, 1.82) is 0 Å². The minimum Gasteiger partial charge on any atom is -0.462 e. The number of nitrogens with zero attached hydrogens (tertiary/aromatic N) is 3. The number of ether oxygens (including phenoxy) is 3. The molecule has 0 bridgehead atoms. The van der Waals surface area contributed by atoms with Crippen LogP contribution in [0.2, 0.25) is 0 Å². The molecule has 0 fully saturated rings. The number of nitrogens with one attached hydrogen (secondary N) is 2. The third kappa shape index (κ3) is 6.44. The van der Waals surface area contributed by atoms with Gasteiger partial charge in [-0.25, -0.2) is 14.6 Å². The fourth-order valence-electron chi connectivity index (χ4n) is 2.26. The van der Waals surface area contributed by atoms with E-state index in [2.05, 4.69) is 20.3 Å². The van der Waals surface area contributed by atoms with Crippen molar-refractivity contribution in [2.45, 2.75) is 53.0 Å². The van der Waals surface area contributed by atoms with Crippen LogP contribution in [0.25, 0.3) is 11.2 Å². The number of rotatable bonds is 8. The topological polar surface area (TPSA) is 163 Å². The molecule has 0 aliphatic rings. The van der Waals surface area contributed by atoms with Gasteiger partial charge in [0, 0.05) is 0 Å². The van der Waals surface area contributed by atoms with Gasteiger partial charge >= 0.3 is 12.1 Å². The number of nitrogens with two attached hydrogens (primary N) is 1. The predicted molar refractivity (Wildman–Crippen MR) is 107 cm³/mol. The van der Waals surface area contributed by atoms with Crippen molar-refractivity contribution in [2.24, 2.45) is 5.92 Å². The van der Waals surface area contributed by atoms with E-state index in [-0.39, 0.29) is 17.1 Å². The molecule has 4 N–H and O–H groups in total. The zero-order valence-corrected chi connectivity index (χ0v) is 17.3. The average Bonchev–Trinajstić information content (AvgIpc) is 3.05. The lowest BCUT2D eigenvalue weighted by molar-refractivity contribution is -0.149. The van der Waals surface area contributed by atoms with Crippen molar-refractivity contribution < 1.29 is 29.3 Å². The summed E-state index contributed by atoms with van der Waals surface area (Å²) in [6, 6.07) is -1.32. The average molecular weight is 428 g/mol. The summed E-state index contributed by atoms with van der Waals surface area (Å²) < 4.78 is 47.8. The standard InChI is InChI=1S/C18H28N6O6/c1-10(2)11(21-17(27)30-18(3,4)5)15(26)29-7-6-28-9-24-8-20-12-13(24)22-16(19)23-14(12)25/h8,10-11H,6-7,9H2,1-5H3,(H,21,27)(H3,19,22,23,25)/t11-/m0/s1/i6D2,7D2. The number of hydrogen-bond donors (Lipinski definition) is 3. The number of alkyl carbamates (subject to hydrolysis) is 1. The molecule has 166 valence electrons. The maximum Gasteiger partial charge on any atom is 0.408 e. The van der Waals surface area contributed by atoms with Crippen LogP contribution in [0.5, 0.6) is 0 Å². The molecule has 12 nitrogen and oxygen atoms in total. The SMILES string of the molecule is [2H]C([2H])(OCn1cnc2c(=O)[nH]c(N)nc21)C([2H])([2H])OC(=O)[C@@H](NC(=O)OC(C)(C)C)C(C)C. The van der Waals surface area contributed by atoms with Gasteiger partial charge in [-0.05, 0) is 26.7 Å². The van der Waals surface area contributed by atoms with Gasteiger partial charge in [0.2, 0.25) is 5.95 Å². The van der Waals surface area contributed by atoms with E-state index >= 15 is 0 Å². The molecule has 2 rings (SSSR count). The Labute approximate surface area is 178 Å². The molecule has 1 amide bonds. The van der Waals surface area contributed by atoms with E-state index in [0.29, 0.717) is 0 Å². The van der Waals surface area contributed by atoms with E-state index in [1.807, 2.05) is 0 Å². The summed E-state index contributed by atoms with van der Waals surface area (Å²) in [5, 5.41) is 2.30. The summed E-state index contributed by atoms with van der Waals surface area (Å²) in [5.74, 6) is -1.97. The molecule has 30 heavy (non-hydrogen) atoms. The Morgan fingerprint density at radius 1 is 1.37 bits per heavy atom. The normalized spacial score (nSPS) is 15.7. The van der Waals surface area contributed by atoms with Crippen LogP contribution in [-0.2, 0) is 25.7 Å². The first-order valence-corrected chi connectivity index (χ1v) is 9.00. The zero-order valence-electron chi connectivity index (χ0n) is 21.3. The van der Waals surface area contributed by atoms with Crippen molar-refractivity contribution in [3.8, 4) is 0 Å². The highest BCUT2D eigenvalue weighted by Crippen LogP contribution is 2.10. The Morgan fingerprint density at radius 3 is 2.70 bits per heavy atom. The van der Waals surface area contributed by atoms with Crippen LogP contribution in [0.4, 0.5) is 10.7 Å². The highest BCUT2D eigenvalue weighted by Gasteiger charge is 2.28. The molecule has 12 heteroatoms. The van der Waals surface area contributed by atoms with Crippen molar-refractivity contribution in [1.82, 2.24) is 24.8 Å². The second-order valence-electron chi connectivity index (χ2n) is 7.60. The second kappa shape index (κ2) is 9.57. The number of aromatic amines is 1. The molecule has 0 radical (unpaired) electrons. The maximum absolute atomic E-state index is 12.6. The van der Waals surface area contributed by atoms with Crippen molar-refractivity contribution in [2.75, 3.05) is 18.9 Å². The Balaban J connectivity index is 2.13. The highest BCUT2D eigenvalue weighted by atomic mass is 16.6. The van der Waals surface area contributed by atoms with Gasteiger partial charge in [-0.3, -0.25) is 14.3 Å².